The molecular weight excluding hydrogens is 290 g/mol. The van der Waals surface area contributed by atoms with Gasteiger partial charge < -0.3 is 9.88 Å². The maximum Gasteiger partial charge on any atom is 0.252 e. The standard InChI is InChI=1S/C14H19N3O3S/c1-17(8-7-15-21(2,19)20)10-12-9-11-5-3-4-6-13(11)16-14(12)18/h3-6,9,15H,7-8,10H2,1-2H3,(H,16,18). The van der Waals surface area contributed by atoms with Crippen LogP contribution in [0.1, 0.15) is 5.56 Å². The van der Waals surface area contributed by atoms with Gasteiger partial charge in [-0.3, -0.25) is 4.79 Å². The van der Waals surface area contributed by atoms with E-state index in [0.29, 0.717) is 25.2 Å². The van der Waals surface area contributed by atoms with Crippen molar-refractivity contribution in [1.82, 2.24) is 14.6 Å². The number of rotatable bonds is 6. The van der Waals surface area contributed by atoms with Crippen LogP contribution in [0.5, 0.6) is 0 Å². The molecule has 1 aromatic heterocycles. The summed E-state index contributed by atoms with van der Waals surface area (Å²) in [5, 5.41) is 0.981. The van der Waals surface area contributed by atoms with Crippen molar-refractivity contribution in [3.63, 3.8) is 0 Å². The number of pyridine rings is 1. The summed E-state index contributed by atoms with van der Waals surface area (Å²) in [5.41, 5.74) is 1.36. The van der Waals surface area contributed by atoms with E-state index in [1.54, 1.807) is 0 Å². The summed E-state index contributed by atoms with van der Waals surface area (Å²) in [7, 11) is -1.33. The number of H-pyrrole nitrogens is 1. The molecule has 114 valence electrons. The van der Waals surface area contributed by atoms with E-state index >= 15 is 0 Å². The number of nitrogens with zero attached hydrogens (tertiary/aromatic N) is 1. The lowest BCUT2D eigenvalue weighted by Crippen LogP contribution is -2.33. The van der Waals surface area contributed by atoms with Gasteiger partial charge in [0.15, 0.2) is 0 Å². The zero-order valence-corrected chi connectivity index (χ0v) is 12.9. The van der Waals surface area contributed by atoms with Crippen LogP contribution in [0.2, 0.25) is 0 Å². The van der Waals surface area contributed by atoms with Crippen LogP contribution >= 0.6 is 0 Å². The normalized spacial score (nSPS) is 12.1. The van der Waals surface area contributed by atoms with Crippen molar-refractivity contribution in [2.45, 2.75) is 6.54 Å². The highest BCUT2D eigenvalue weighted by Crippen LogP contribution is 2.10. The third kappa shape index (κ3) is 4.66. The minimum absolute atomic E-state index is 0.114. The first kappa shape index (κ1) is 15.7. The lowest BCUT2D eigenvalue weighted by atomic mass is 10.1. The van der Waals surface area contributed by atoms with E-state index in [0.717, 1.165) is 17.2 Å². The molecule has 6 nitrogen and oxygen atoms in total. The molecule has 1 aromatic carbocycles. The molecule has 0 spiro atoms. The first-order valence-electron chi connectivity index (χ1n) is 6.59. The Kier molecular flexibility index (Phi) is 4.76. The molecule has 0 amide bonds. The molecule has 0 aliphatic carbocycles. The Morgan fingerprint density at radius 2 is 2.00 bits per heavy atom. The zero-order chi connectivity index (χ0) is 15.5. The average molecular weight is 309 g/mol. The molecular formula is C14H19N3O3S. The molecule has 7 heteroatoms. The van der Waals surface area contributed by atoms with E-state index in [1.807, 2.05) is 42.3 Å². The van der Waals surface area contributed by atoms with Crippen LogP contribution < -0.4 is 10.3 Å². The summed E-state index contributed by atoms with van der Waals surface area (Å²) in [5.74, 6) is 0. The summed E-state index contributed by atoms with van der Waals surface area (Å²) in [6.07, 6.45) is 1.13. The van der Waals surface area contributed by atoms with Crippen molar-refractivity contribution >= 4 is 20.9 Å². The second kappa shape index (κ2) is 6.38. The number of fused-ring (bicyclic) bond motifs is 1. The highest BCUT2D eigenvalue weighted by atomic mass is 32.2. The predicted molar refractivity (Wildman–Crippen MR) is 83.7 cm³/mol. The Morgan fingerprint density at radius 3 is 2.71 bits per heavy atom. The molecule has 0 atom stereocenters. The number of para-hydroxylation sites is 1. The van der Waals surface area contributed by atoms with E-state index in [4.69, 9.17) is 0 Å². The number of likely N-dealkylation sites (N-methyl/N-ethyl adjacent to an activating group) is 1. The number of aromatic nitrogens is 1. The van der Waals surface area contributed by atoms with Gasteiger partial charge in [-0.2, -0.15) is 0 Å². The summed E-state index contributed by atoms with van der Waals surface area (Å²) < 4.78 is 24.4. The van der Waals surface area contributed by atoms with E-state index < -0.39 is 10.0 Å². The molecule has 2 N–H and O–H groups in total. The van der Waals surface area contributed by atoms with Gasteiger partial charge in [0.1, 0.15) is 0 Å². The molecule has 21 heavy (non-hydrogen) atoms. The van der Waals surface area contributed by atoms with E-state index in [9.17, 15) is 13.2 Å². The fourth-order valence-electron chi connectivity index (χ4n) is 2.10. The van der Waals surface area contributed by atoms with E-state index in [-0.39, 0.29) is 5.56 Å². The molecule has 2 aromatic rings. The summed E-state index contributed by atoms with van der Waals surface area (Å²) in [4.78, 5) is 16.8. The Hall–Kier alpha value is -1.70. The minimum Gasteiger partial charge on any atom is -0.322 e. The van der Waals surface area contributed by atoms with Crippen molar-refractivity contribution in [3.05, 3.63) is 46.2 Å². The average Bonchev–Trinajstić information content (AvgIpc) is 2.38. The second-order valence-electron chi connectivity index (χ2n) is 5.12. The zero-order valence-electron chi connectivity index (χ0n) is 12.1. The van der Waals surface area contributed by atoms with Crippen LogP contribution in [0.25, 0.3) is 10.9 Å². The first-order valence-corrected chi connectivity index (χ1v) is 8.48. The highest BCUT2D eigenvalue weighted by molar-refractivity contribution is 7.88. The topological polar surface area (TPSA) is 82.3 Å². The molecule has 0 bridgehead atoms. The smallest absolute Gasteiger partial charge is 0.252 e. The van der Waals surface area contributed by atoms with Crippen LogP contribution in [0.4, 0.5) is 0 Å². The van der Waals surface area contributed by atoms with Gasteiger partial charge in [-0.05, 0) is 24.6 Å². The fourth-order valence-corrected chi connectivity index (χ4v) is 2.56. The van der Waals surface area contributed by atoms with Crippen molar-refractivity contribution in [2.24, 2.45) is 0 Å². The Labute approximate surface area is 123 Å². The molecule has 0 fully saturated rings. The monoisotopic (exact) mass is 309 g/mol. The Bertz CT molecular complexity index is 783. The van der Waals surface area contributed by atoms with Crippen LogP contribution in [-0.2, 0) is 16.6 Å². The van der Waals surface area contributed by atoms with Crippen molar-refractivity contribution in [1.29, 1.82) is 0 Å². The molecule has 0 aliphatic heterocycles. The molecule has 2 rings (SSSR count). The van der Waals surface area contributed by atoms with Gasteiger partial charge in [0, 0.05) is 30.7 Å². The lowest BCUT2D eigenvalue weighted by Gasteiger charge is -2.16. The Balaban J connectivity index is 2.05. The largest absolute Gasteiger partial charge is 0.322 e. The minimum atomic E-state index is -3.17. The van der Waals surface area contributed by atoms with Crippen LogP contribution in [0.3, 0.4) is 0 Å². The maximum atomic E-state index is 12.0. The van der Waals surface area contributed by atoms with Gasteiger partial charge in [-0.25, -0.2) is 13.1 Å². The summed E-state index contributed by atoms with van der Waals surface area (Å²) in [6.45, 7) is 1.31. The van der Waals surface area contributed by atoms with E-state index in [1.165, 1.54) is 0 Å². The number of sulfonamides is 1. The number of aromatic amines is 1. The van der Waals surface area contributed by atoms with Gasteiger partial charge in [0.05, 0.1) is 6.26 Å². The van der Waals surface area contributed by atoms with Gasteiger partial charge in [-0.1, -0.05) is 18.2 Å². The van der Waals surface area contributed by atoms with Gasteiger partial charge in [0.25, 0.3) is 5.56 Å². The summed E-state index contributed by atoms with van der Waals surface area (Å²) in [6, 6.07) is 9.47. The maximum absolute atomic E-state index is 12.0. The number of hydrogen-bond donors (Lipinski definition) is 2. The number of benzene rings is 1. The Morgan fingerprint density at radius 1 is 1.29 bits per heavy atom. The van der Waals surface area contributed by atoms with Crippen LogP contribution in [0, 0.1) is 0 Å². The van der Waals surface area contributed by atoms with Crippen molar-refractivity contribution < 1.29 is 8.42 Å². The first-order chi connectivity index (χ1) is 9.85. The third-order valence-corrected chi connectivity index (χ3v) is 3.86. The van der Waals surface area contributed by atoms with E-state index in [2.05, 4.69) is 9.71 Å². The SMILES string of the molecule is CN(CCNS(C)(=O)=O)Cc1cc2ccccc2[nH]c1=O. The molecule has 1 heterocycles. The quantitative estimate of drug-likeness (QED) is 0.814. The second-order valence-corrected chi connectivity index (χ2v) is 6.95. The van der Waals surface area contributed by atoms with Crippen molar-refractivity contribution in [2.75, 3.05) is 26.4 Å². The third-order valence-electron chi connectivity index (χ3n) is 3.13. The molecule has 0 saturated heterocycles. The fraction of sp³-hybridized carbons (Fsp3) is 0.357. The molecule has 0 radical (unpaired) electrons. The van der Waals surface area contributed by atoms with Gasteiger partial charge in [-0.15, -0.1) is 0 Å². The van der Waals surface area contributed by atoms with Crippen molar-refractivity contribution in [3.8, 4) is 0 Å². The van der Waals surface area contributed by atoms with Crippen LogP contribution in [0.15, 0.2) is 35.1 Å². The summed E-state index contributed by atoms with van der Waals surface area (Å²) >= 11 is 0. The molecule has 0 saturated carbocycles. The molecule has 0 aliphatic rings. The lowest BCUT2D eigenvalue weighted by molar-refractivity contribution is 0.331. The predicted octanol–water partition coefficient (Wildman–Crippen LogP) is 0.509. The number of nitrogens with one attached hydrogen (secondary N) is 2. The molecule has 0 unspecified atom stereocenters. The number of hydrogen-bond acceptors (Lipinski definition) is 4. The van der Waals surface area contributed by atoms with Gasteiger partial charge in [0.2, 0.25) is 10.0 Å². The highest BCUT2D eigenvalue weighted by Gasteiger charge is 2.07. The van der Waals surface area contributed by atoms with Gasteiger partial charge >= 0.3 is 0 Å². The van der Waals surface area contributed by atoms with Crippen LogP contribution in [-0.4, -0.2) is 44.7 Å².